The number of aryl methyl sites for hydroxylation is 1. The maximum Gasteiger partial charge on any atom is 0.418 e. The SMILES string of the molecule is C=C1c2ncccc2C(c2cc(C)cc(-c3cnco3)c2)=NN1c1cc(N2CCC(O)C2)ccc1C(F)(F)F. The first-order valence-corrected chi connectivity index (χ1v) is 12.4. The molecule has 0 spiro atoms. The highest BCUT2D eigenvalue weighted by atomic mass is 19.4. The Morgan fingerprint density at radius 1 is 1.10 bits per heavy atom. The summed E-state index contributed by atoms with van der Waals surface area (Å²) in [4.78, 5) is 10.3. The topological polar surface area (TPSA) is 78.0 Å². The molecule has 1 fully saturated rings. The van der Waals surface area contributed by atoms with Crippen molar-refractivity contribution in [3.8, 4) is 11.3 Å². The van der Waals surface area contributed by atoms with E-state index < -0.39 is 17.8 Å². The van der Waals surface area contributed by atoms with Gasteiger partial charge in [0.1, 0.15) is 5.71 Å². The van der Waals surface area contributed by atoms with Crippen LogP contribution in [0.15, 0.2) is 83.4 Å². The Bertz CT molecular complexity index is 1600. The fourth-order valence-electron chi connectivity index (χ4n) is 5.08. The summed E-state index contributed by atoms with van der Waals surface area (Å²) in [6.07, 6.45) is -0.100. The Labute approximate surface area is 222 Å². The molecular weight excluding hydrogens is 507 g/mol. The van der Waals surface area contributed by atoms with Gasteiger partial charge in [-0.1, -0.05) is 6.58 Å². The van der Waals surface area contributed by atoms with E-state index in [-0.39, 0.29) is 11.4 Å². The molecule has 0 aliphatic carbocycles. The predicted molar refractivity (Wildman–Crippen MR) is 142 cm³/mol. The average molecular weight is 532 g/mol. The molecule has 1 unspecified atom stereocenters. The average Bonchev–Trinajstić information content (AvgIpc) is 3.60. The highest BCUT2D eigenvalue weighted by Crippen LogP contribution is 2.43. The van der Waals surface area contributed by atoms with Gasteiger partial charge in [-0.2, -0.15) is 18.3 Å². The van der Waals surface area contributed by atoms with Gasteiger partial charge in [-0.3, -0.25) is 4.98 Å². The number of pyridine rings is 1. The van der Waals surface area contributed by atoms with Crippen LogP contribution < -0.4 is 9.91 Å². The van der Waals surface area contributed by atoms with E-state index in [0.717, 1.165) is 17.2 Å². The summed E-state index contributed by atoms with van der Waals surface area (Å²) in [6.45, 7) is 6.90. The first-order valence-electron chi connectivity index (χ1n) is 12.4. The predicted octanol–water partition coefficient (Wildman–Crippen LogP) is 5.88. The number of aliphatic hydroxyl groups is 1. The van der Waals surface area contributed by atoms with Crippen molar-refractivity contribution in [1.29, 1.82) is 0 Å². The van der Waals surface area contributed by atoms with Crippen molar-refractivity contribution in [3.63, 3.8) is 0 Å². The largest absolute Gasteiger partial charge is 0.444 e. The van der Waals surface area contributed by atoms with E-state index in [1.54, 1.807) is 18.5 Å². The number of β-amino-alcohol motifs (C(OH)–C–C–N with tert-alkyl or cyclic N) is 1. The maximum atomic E-state index is 14.3. The first-order chi connectivity index (χ1) is 18.7. The summed E-state index contributed by atoms with van der Waals surface area (Å²) in [5.74, 6) is 0.559. The van der Waals surface area contributed by atoms with Crippen LogP contribution in [0.3, 0.4) is 0 Å². The summed E-state index contributed by atoms with van der Waals surface area (Å²) in [6, 6.07) is 13.2. The summed E-state index contributed by atoms with van der Waals surface area (Å²) in [5, 5.41) is 16.0. The lowest BCUT2D eigenvalue weighted by atomic mass is 9.94. The van der Waals surface area contributed by atoms with Crippen LogP contribution in [0.1, 0.15) is 34.4 Å². The van der Waals surface area contributed by atoms with Gasteiger partial charge in [-0.25, -0.2) is 9.99 Å². The third kappa shape index (κ3) is 4.57. The van der Waals surface area contributed by atoms with E-state index in [4.69, 9.17) is 9.52 Å². The molecule has 2 aliphatic rings. The summed E-state index contributed by atoms with van der Waals surface area (Å²) in [7, 11) is 0. The van der Waals surface area contributed by atoms with E-state index >= 15 is 0 Å². The number of fused-ring (bicyclic) bond motifs is 1. The molecule has 1 N–H and O–H groups in total. The van der Waals surface area contributed by atoms with Crippen molar-refractivity contribution in [3.05, 3.63) is 102 Å². The number of alkyl halides is 3. The fourth-order valence-corrected chi connectivity index (χ4v) is 5.08. The second-order valence-electron chi connectivity index (χ2n) is 9.65. The quantitative estimate of drug-likeness (QED) is 0.355. The van der Waals surface area contributed by atoms with Crippen molar-refractivity contribution in [2.75, 3.05) is 23.0 Å². The van der Waals surface area contributed by atoms with Crippen molar-refractivity contribution in [2.45, 2.75) is 25.6 Å². The second-order valence-corrected chi connectivity index (χ2v) is 9.65. The van der Waals surface area contributed by atoms with E-state index in [1.807, 2.05) is 36.1 Å². The van der Waals surface area contributed by atoms with Gasteiger partial charge in [0.2, 0.25) is 0 Å². The molecule has 4 heterocycles. The maximum absolute atomic E-state index is 14.3. The lowest BCUT2D eigenvalue weighted by Crippen LogP contribution is -2.28. The third-order valence-corrected chi connectivity index (χ3v) is 6.90. The van der Waals surface area contributed by atoms with Crippen LogP contribution in [-0.4, -0.2) is 40.0 Å². The molecule has 0 bridgehead atoms. The molecule has 198 valence electrons. The van der Waals surface area contributed by atoms with Crippen molar-refractivity contribution in [2.24, 2.45) is 5.10 Å². The molecule has 2 aromatic carbocycles. The Kier molecular flexibility index (Phi) is 5.99. The van der Waals surface area contributed by atoms with Gasteiger partial charge in [0.25, 0.3) is 0 Å². The van der Waals surface area contributed by atoms with Gasteiger partial charge in [-0.15, -0.1) is 0 Å². The number of rotatable bonds is 4. The summed E-state index contributed by atoms with van der Waals surface area (Å²) >= 11 is 0. The number of anilines is 2. The number of benzene rings is 2. The van der Waals surface area contributed by atoms with Crippen LogP contribution in [0.5, 0.6) is 0 Å². The van der Waals surface area contributed by atoms with E-state index in [0.29, 0.717) is 53.5 Å². The highest BCUT2D eigenvalue weighted by molar-refractivity contribution is 6.18. The van der Waals surface area contributed by atoms with E-state index in [2.05, 4.69) is 16.5 Å². The Balaban J connectivity index is 1.54. The molecule has 4 aromatic rings. The number of aromatic nitrogens is 2. The number of hydrazone groups is 1. The molecule has 2 aliphatic heterocycles. The zero-order valence-electron chi connectivity index (χ0n) is 21.0. The molecule has 6 rings (SSSR count). The number of nitrogens with zero attached hydrogens (tertiary/aromatic N) is 5. The minimum Gasteiger partial charge on any atom is -0.444 e. The van der Waals surface area contributed by atoms with Crippen LogP contribution >= 0.6 is 0 Å². The lowest BCUT2D eigenvalue weighted by Gasteiger charge is -2.31. The van der Waals surface area contributed by atoms with E-state index in [1.165, 1.54) is 23.5 Å². The number of halogens is 3. The number of oxazole rings is 1. The molecule has 10 heteroatoms. The van der Waals surface area contributed by atoms with E-state index in [9.17, 15) is 18.3 Å². The minimum atomic E-state index is -4.64. The lowest BCUT2D eigenvalue weighted by molar-refractivity contribution is -0.137. The van der Waals surface area contributed by atoms with Crippen LogP contribution in [0.25, 0.3) is 17.0 Å². The molecule has 2 aromatic heterocycles. The van der Waals surface area contributed by atoms with Crippen LogP contribution in [0, 0.1) is 6.92 Å². The number of aliphatic hydroxyl groups excluding tert-OH is 1. The molecule has 0 amide bonds. The second kappa shape index (κ2) is 9.39. The monoisotopic (exact) mass is 531 g/mol. The molecule has 1 saturated heterocycles. The first kappa shape index (κ1) is 24.9. The Hall–Kier alpha value is -4.44. The van der Waals surface area contributed by atoms with Gasteiger partial charge in [0.05, 0.1) is 34.9 Å². The standard InChI is InChI=1S/C29H24F3N5O2/c1-17-10-19(26-14-33-16-39-26)12-20(11-17)28-23-4-3-8-34-27(23)18(2)37(35-28)25-13-21(36-9-7-22(38)15-36)5-6-24(25)29(30,31)32/h3-6,8,10-14,16,22,38H,2,7,9,15H2,1H3. The number of hydrogen-bond donors (Lipinski definition) is 1. The smallest absolute Gasteiger partial charge is 0.418 e. The van der Waals surface area contributed by atoms with Gasteiger partial charge in [-0.05, 0) is 67.4 Å². The molecular formula is C29H24F3N5O2. The third-order valence-electron chi connectivity index (χ3n) is 6.90. The molecule has 39 heavy (non-hydrogen) atoms. The number of hydrogen-bond acceptors (Lipinski definition) is 7. The van der Waals surface area contributed by atoms with Crippen molar-refractivity contribution >= 4 is 22.8 Å². The van der Waals surface area contributed by atoms with Gasteiger partial charge >= 0.3 is 6.18 Å². The molecule has 7 nitrogen and oxygen atoms in total. The molecule has 0 saturated carbocycles. The van der Waals surface area contributed by atoms with Crippen molar-refractivity contribution < 1.29 is 22.7 Å². The van der Waals surface area contributed by atoms with Crippen LogP contribution in [-0.2, 0) is 6.18 Å². The summed E-state index contributed by atoms with van der Waals surface area (Å²) < 4.78 is 48.4. The van der Waals surface area contributed by atoms with Crippen molar-refractivity contribution in [1.82, 2.24) is 9.97 Å². The molecule has 0 radical (unpaired) electrons. The summed E-state index contributed by atoms with van der Waals surface area (Å²) in [5.41, 5.74) is 3.66. The fraction of sp³-hybridized carbons (Fsp3) is 0.207. The van der Waals surface area contributed by atoms with Crippen LogP contribution in [0.4, 0.5) is 24.5 Å². The zero-order chi connectivity index (χ0) is 27.3. The van der Waals surface area contributed by atoms with Gasteiger partial charge < -0.3 is 14.4 Å². The normalized spacial score (nSPS) is 17.4. The molecule has 1 atom stereocenters. The highest BCUT2D eigenvalue weighted by Gasteiger charge is 2.38. The zero-order valence-corrected chi connectivity index (χ0v) is 21.0. The Morgan fingerprint density at radius 3 is 2.64 bits per heavy atom. The van der Waals surface area contributed by atoms with Crippen LogP contribution in [0.2, 0.25) is 0 Å². The Morgan fingerprint density at radius 2 is 1.92 bits per heavy atom. The van der Waals surface area contributed by atoms with Gasteiger partial charge in [0, 0.05) is 41.7 Å². The minimum absolute atomic E-state index is 0.164. The van der Waals surface area contributed by atoms with Gasteiger partial charge in [0.15, 0.2) is 12.2 Å².